The zero-order valence-corrected chi connectivity index (χ0v) is 12.2. The van der Waals surface area contributed by atoms with Gasteiger partial charge in [-0.15, -0.1) is 0 Å². The normalized spacial score (nSPS) is 10.0. The standard InChI is InChI=1S/C16H17NO4/c1-10-7-8-13(14(9-10)19-2)21-15-11(16(18)20-3)5-4-6-12(15)17/h4-9H,17H2,1-3H3. The molecule has 0 amide bonds. The summed E-state index contributed by atoms with van der Waals surface area (Å²) in [5.74, 6) is 0.787. The summed E-state index contributed by atoms with van der Waals surface area (Å²) < 4.78 is 15.8. The minimum Gasteiger partial charge on any atom is -0.493 e. The van der Waals surface area contributed by atoms with Crippen LogP contribution in [-0.2, 0) is 4.74 Å². The predicted octanol–water partition coefficient (Wildman–Crippen LogP) is 3.16. The number of anilines is 1. The SMILES string of the molecule is COC(=O)c1cccc(N)c1Oc1ccc(C)cc1OC. The van der Waals surface area contributed by atoms with Crippen LogP contribution in [0.3, 0.4) is 0 Å². The zero-order valence-electron chi connectivity index (χ0n) is 12.2. The number of aryl methyl sites for hydroxylation is 1. The molecule has 110 valence electrons. The number of hydrogen-bond acceptors (Lipinski definition) is 5. The second-order valence-electron chi connectivity index (χ2n) is 4.47. The summed E-state index contributed by atoms with van der Waals surface area (Å²) >= 11 is 0. The Labute approximate surface area is 123 Å². The molecular formula is C16H17NO4. The molecule has 0 aliphatic rings. The third kappa shape index (κ3) is 3.08. The van der Waals surface area contributed by atoms with E-state index in [0.717, 1.165) is 5.56 Å². The van der Waals surface area contributed by atoms with E-state index in [-0.39, 0.29) is 11.3 Å². The van der Waals surface area contributed by atoms with E-state index in [9.17, 15) is 4.79 Å². The van der Waals surface area contributed by atoms with E-state index in [0.29, 0.717) is 17.2 Å². The van der Waals surface area contributed by atoms with Crippen LogP contribution >= 0.6 is 0 Å². The van der Waals surface area contributed by atoms with Gasteiger partial charge in [0.2, 0.25) is 0 Å². The number of benzene rings is 2. The Balaban J connectivity index is 2.47. The van der Waals surface area contributed by atoms with Crippen LogP contribution in [0, 0.1) is 6.92 Å². The molecule has 0 saturated carbocycles. The second kappa shape index (κ2) is 6.17. The maximum Gasteiger partial charge on any atom is 0.341 e. The summed E-state index contributed by atoms with van der Waals surface area (Å²) in [7, 11) is 2.86. The van der Waals surface area contributed by atoms with Gasteiger partial charge in [-0.1, -0.05) is 12.1 Å². The molecule has 0 atom stereocenters. The van der Waals surface area contributed by atoms with E-state index in [2.05, 4.69) is 0 Å². The van der Waals surface area contributed by atoms with Crippen molar-refractivity contribution in [2.24, 2.45) is 0 Å². The minimum atomic E-state index is -0.511. The Morgan fingerprint density at radius 3 is 2.52 bits per heavy atom. The lowest BCUT2D eigenvalue weighted by molar-refractivity contribution is 0.0598. The maximum absolute atomic E-state index is 11.8. The van der Waals surface area contributed by atoms with Gasteiger partial charge in [-0.25, -0.2) is 4.79 Å². The summed E-state index contributed by atoms with van der Waals surface area (Å²) in [6, 6.07) is 10.4. The minimum absolute atomic E-state index is 0.256. The Kier molecular flexibility index (Phi) is 4.33. The summed E-state index contributed by atoms with van der Waals surface area (Å²) in [6.45, 7) is 1.95. The van der Waals surface area contributed by atoms with Gasteiger partial charge in [-0.05, 0) is 36.8 Å². The van der Waals surface area contributed by atoms with Crippen molar-refractivity contribution in [3.8, 4) is 17.2 Å². The van der Waals surface area contributed by atoms with Crippen LogP contribution in [0.5, 0.6) is 17.2 Å². The molecule has 0 saturated heterocycles. The summed E-state index contributed by atoms with van der Waals surface area (Å²) in [5.41, 5.74) is 7.56. The van der Waals surface area contributed by atoms with Crippen LogP contribution in [0.25, 0.3) is 0 Å². The first kappa shape index (κ1) is 14.7. The third-order valence-electron chi connectivity index (χ3n) is 2.98. The smallest absolute Gasteiger partial charge is 0.341 e. The van der Waals surface area contributed by atoms with Crippen molar-refractivity contribution in [1.82, 2.24) is 0 Å². The molecule has 2 aromatic rings. The predicted molar refractivity (Wildman–Crippen MR) is 80.0 cm³/mol. The van der Waals surface area contributed by atoms with E-state index >= 15 is 0 Å². The van der Waals surface area contributed by atoms with E-state index in [4.69, 9.17) is 19.9 Å². The molecule has 5 heteroatoms. The number of carbonyl (C=O) groups is 1. The molecule has 0 heterocycles. The molecule has 0 aliphatic carbocycles. The van der Waals surface area contributed by atoms with Gasteiger partial charge in [0.05, 0.1) is 19.9 Å². The lowest BCUT2D eigenvalue weighted by Crippen LogP contribution is -2.06. The van der Waals surface area contributed by atoms with E-state index < -0.39 is 5.97 Å². The van der Waals surface area contributed by atoms with Gasteiger partial charge in [0.15, 0.2) is 17.2 Å². The molecule has 0 unspecified atom stereocenters. The highest BCUT2D eigenvalue weighted by atomic mass is 16.5. The quantitative estimate of drug-likeness (QED) is 0.691. The molecule has 0 aliphatic heterocycles. The van der Waals surface area contributed by atoms with Crippen molar-refractivity contribution in [2.45, 2.75) is 6.92 Å². The molecule has 2 aromatic carbocycles. The van der Waals surface area contributed by atoms with Gasteiger partial charge in [-0.3, -0.25) is 0 Å². The first-order valence-corrected chi connectivity index (χ1v) is 6.36. The number of ether oxygens (including phenoxy) is 3. The molecule has 21 heavy (non-hydrogen) atoms. The van der Waals surface area contributed by atoms with Crippen molar-refractivity contribution < 1.29 is 19.0 Å². The molecule has 2 rings (SSSR count). The molecule has 0 spiro atoms. The number of hydrogen-bond donors (Lipinski definition) is 1. The molecule has 2 N–H and O–H groups in total. The van der Waals surface area contributed by atoms with Crippen LogP contribution < -0.4 is 15.2 Å². The molecule has 5 nitrogen and oxygen atoms in total. The fourth-order valence-corrected chi connectivity index (χ4v) is 1.91. The number of methoxy groups -OCH3 is 2. The summed E-state index contributed by atoms with van der Waals surface area (Å²) in [4.78, 5) is 11.8. The fraction of sp³-hybridized carbons (Fsp3) is 0.188. The Hall–Kier alpha value is -2.69. The van der Waals surface area contributed by atoms with Crippen LogP contribution in [0.4, 0.5) is 5.69 Å². The lowest BCUT2D eigenvalue weighted by Gasteiger charge is -2.14. The second-order valence-corrected chi connectivity index (χ2v) is 4.47. The Morgan fingerprint density at radius 1 is 1.10 bits per heavy atom. The van der Waals surface area contributed by atoms with Crippen molar-refractivity contribution in [2.75, 3.05) is 20.0 Å². The fourth-order valence-electron chi connectivity index (χ4n) is 1.91. The number of nitrogen functional groups attached to an aromatic ring is 1. The van der Waals surface area contributed by atoms with Gasteiger partial charge in [0, 0.05) is 0 Å². The average Bonchev–Trinajstić information content (AvgIpc) is 2.49. The summed E-state index contributed by atoms with van der Waals surface area (Å²) in [6.07, 6.45) is 0. The van der Waals surface area contributed by atoms with E-state index in [1.54, 1.807) is 31.4 Å². The molecule has 0 bridgehead atoms. The van der Waals surface area contributed by atoms with Crippen molar-refractivity contribution in [3.05, 3.63) is 47.5 Å². The van der Waals surface area contributed by atoms with Gasteiger partial charge in [0.25, 0.3) is 0 Å². The first-order valence-electron chi connectivity index (χ1n) is 6.36. The number of carbonyl (C=O) groups excluding carboxylic acids is 1. The van der Waals surface area contributed by atoms with Gasteiger partial charge < -0.3 is 19.9 Å². The Morgan fingerprint density at radius 2 is 1.86 bits per heavy atom. The van der Waals surface area contributed by atoms with Crippen molar-refractivity contribution >= 4 is 11.7 Å². The van der Waals surface area contributed by atoms with E-state index in [1.807, 2.05) is 19.1 Å². The van der Waals surface area contributed by atoms with Crippen LogP contribution in [-0.4, -0.2) is 20.2 Å². The number of nitrogens with two attached hydrogens (primary N) is 1. The number of para-hydroxylation sites is 1. The zero-order chi connectivity index (χ0) is 15.4. The number of rotatable bonds is 4. The molecular weight excluding hydrogens is 270 g/mol. The van der Waals surface area contributed by atoms with Crippen molar-refractivity contribution in [3.63, 3.8) is 0 Å². The first-order chi connectivity index (χ1) is 10.1. The highest BCUT2D eigenvalue weighted by molar-refractivity contribution is 5.94. The van der Waals surface area contributed by atoms with E-state index in [1.165, 1.54) is 7.11 Å². The highest BCUT2D eigenvalue weighted by Crippen LogP contribution is 2.37. The van der Waals surface area contributed by atoms with Gasteiger partial charge in [0.1, 0.15) is 5.56 Å². The average molecular weight is 287 g/mol. The van der Waals surface area contributed by atoms with Gasteiger partial charge in [-0.2, -0.15) is 0 Å². The molecule has 0 fully saturated rings. The van der Waals surface area contributed by atoms with Gasteiger partial charge >= 0.3 is 5.97 Å². The lowest BCUT2D eigenvalue weighted by atomic mass is 10.1. The summed E-state index contributed by atoms with van der Waals surface area (Å²) in [5, 5.41) is 0. The molecule has 0 radical (unpaired) electrons. The highest BCUT2D eigenvalue weighted by Gasteiger charge is 2.17. The largest absolute Gasteiger partial charge is 0.493 e. The van der Waals surface area contributed by atoms with Crippen LogP contribution in [0.1, 0.15) is 15.9 Å². The van der Waals surface area contributed by atoms with Crippen LogP contribution in [0.2, 0.25) is 0 Å². The van der Waals surface area contributed by atoms with Crippen LogP contribution in [0.15, 0.2) is 36.4 Å². The molecule has 0 aromatic heterocycles. The topological polar surface area (TPSA) is 70.8 Å². The monoisotopic (exact) mass is 287 g/mol. The third-order valence-corrected chi connectivity index (χ3v) is 2.98. The maximum atomic E-state index is 11.8. The van der Waals surface area contributed by atoms with Crippen molar-refractivity contribution in [1.29, 1.82) is 0 Å². The Bertz CT molecular complexity index is 667. The number of esters is 1.